The smallest absolute Gasteiger partial charge is 0.315 e. The van der Waals surface area contributed by atoms with E-state index in [9.17, 15) is 9.59 Å². The first-order chi connectivity index (χ1) is 8.61. The Morgan fingerprint density at radius 2 is 2.28 bits per heavy atom. The number of nitrogens with one attached hydrogen (secondary N) is 2. The average Bonchev–Trinajstić information content (AvgIpc) is 2.80. The molecule has 8 nitrogen and oxygen atoms in total. The van der Waals surface area contributed by atoms with Crippen LogP contribution >= 0.6 is 0 Å². The zero-order valence-corrected chi connectivity index (χ0v) is 10.2. The predicted octanol–water partition coefficient (Wildman–Crippen LogP) is -0.169. The van der Waals surface area contributed by atoms with E-state index in [4.69, 9.17) is 5.11 Å². The molecule has 1 unspecified atom stereocenters. The summed E-state index contributed by atoms with van der Waals surface area (Å²) < 4.78 is 1.59. The van der Waals surface area contributed by atoms with Gasteiger partial charge in [0.25, 0.3) is 0 Å². The van der Waals surface area contributed by atoms with Gasteiger partial charge < -0.3 is 15.7 Å². The van der Waals surface area contributed by atoms with Gasteiger partial charge in [-0.05, 0) is 6.42 Å². The standard InChI is InChI=1S/C10H17N5O3/c1-2-8(7-9(16)17)13-10(18)11-3-5-15-6-4-12-14-15/h4,6,8H,2-3,5,7H2,1H3,(H,16,17)(H2,11,13,18). The largest absolute Gasteiger partial charge is 0.481 e. The molecule has 0 aliphatic heterocycles. The highest BCUT2D eigenvalue weighted by atomic mass is 16.4. The molecule has 8 heteroatoms. The highest BCUT2D eigenvalue weighted by Crippen LogP contribution is 1.96. The summed E-state index contributed by atoms with van der Waals surface area (Å²) in [5.74, 6) is -0.926. The summed E-state index contributed by atoms with van der Waals surface area (Å²) in [5.41, 5.74) is 0. The van der Waals surface area contributed by atoms with E-state index in [1.807, 2.05) is 6.92 Å². The van der Waals surface area contributed by atoms with Crippen molar-refractivity contribution in [1.82, 2.24) is 25.6 Å². The van der Waals surface area contributed by atoms with Crippen LogP contribution in [0, 0.1) is 0 Å². The van der Waals surface area contributed by atoms with Crippen LogP contribution in [0.25, 0.3) is 0 Å². The molecule has 0 fully saturated rings. The Labute approximate surface area is 104 Å². The second-order valence-electron chi connectivity index (χ2n) is 3.77. The number of carboxylic acid groups (broad SMARTS) is 1. The molecule has 1 aromatic heterocycles. The second-order valence-corrected chi connectivity index (χ2v) is 3.77. The summed E-state index contributed by atoms with van der Waals surface area (Å²) in [7, 11) is 0. The summed E-state index contributed by atoms with van der Waals surface area (Å²) in [6, 6.07) is -0.725. The van der Waals surface area contributed by atoms with Gasteiger partial charge in [-0.25, -0.2) is 4.79 Å². The Balaban J connectivity index is 2.21. The van der Waals surface area contributed by atoms with Crippen molar-refractivity contribution in [1.29, 1.82) is 0 Å². The van der Waals surface area contributed by atoms with E-state index in [0.717, 1.165) is 0 Å². The van der Waals surface area contributed by atoms with Gasteiger partial charge in [0.1, 0.15) is 0 Å². The van der Waals surface area contributed by atoms with Crippen LogP contribution in [0.15, 0.2) is 12.4 Å². The maximum atomic E-state index is 11.5. The molecule has 3 N–H and O–H groups in total. The van der Waals surface area contributed by atoms with Crippen molar-refractivity contribution < 1.29 is 14.7 Å². The van der Waals surface area contributed by atoms with Crippen molar-refractivity contribution in [3.63, 3.8) is 0 Å². The number of carbonyl (C=O) groups excluding carboxylic acids is 1. The van der Waals surface area contributed by atoms with Gasteiger partial charge in [-0.15, -0.1) is 5.10 Å². The molecule has 1 aromatic rings. The van der Waals surface area contributed by atoms with Gasteiger partial charge in [-0.3, -0.25) is 9.48 Å². The maximum absolute atomic E-state index is 11.5. The van der Waals surface area contributed by atoms with Gasteiger partial charge in [0.2, 0.25) is 0 Å². The van der Waals surface area contributed by atoms with Crippen LogP contribution in [0.4, 0.5) is 4.79 Å². The highest BCUT2D eigenvalue weighted by molar-refractivity contribution is 5.75. The minimum absolute atomic E-state index is 0.0764. The van der Waals surface area contributed by atoms with Gasteiger partial charge in [0.15, 0.2) is 0 Å². The molecule has 1 atom stereocenters. The molecule has 0 saturated carbocycles. The zero-order valence-electron chi connectivity index (χ0n) is 10.2. The summed E-state index contributed by atoms with van der Waals surface area (Å²) >= 11 is 0. The fraction of sp³-hybridized carbons (Fsp3) is 0.600. The van der Waals surface area contributed by atoms with E-state index >= 15 is 0 Å². The molecular formula is C10H17N5O3. The number of aromatic nitrogens is 3. The first-order valence-electron chi connectivity index (χ1n) is 5.72. The predicted molar refractivity (Wildman–Crippen MR) is 62.9 cm³/mol. The fourth-order valence-electron chi connectivity index (χ4n) is 1.38. The fourth-order valence-corrected chi connectivity index (χ4v) is 1.38. The molecule has 100 valence electrons. The lowest BCUT2D eigenvalue weighted by molar-refractivity contribution is -0.137. The quantitative estimate of drug-likeness (QED) is 0.626. The number of nitrogens with zero attached hydrogens (tertiary/aromatic N) is 3. The van der Waals surface area contributed by atoms with Crippen LogP contribution in [0.3, 0.4) is 0 Å². The van der Waals surface area contributed by atoms with Gasteiger partial charge in [0, 0.05) is 18.8 Å². The number of aliphatic carboxylic acids is 1. The number of rotatable bonds is 7. The van der Waals surface area contributed by atoms with Gasteiger partial charge in [-0.2, -0.15) is 0 Å². The topological polar surface area (TPSA) is 109 Å². The molecule has 1 rings (SSSR count). The lowest BCUT2D eigenvalue weighted by Gasteiger charge is -2.15. The molecular weight excluding hydrogens is 238 g/mol. The van der Waals surface area contributed by atoms with Crippen molar-refractivity contribution >= 4 is 12.0 Å². The van der Waals surface area contributed by atoms with Crippen molar-refractivity contribution in [2.75, 3.05) is 6.54 Å². The lowest BCUT2D eigenvalue weighted by Crippen LogP contribution is -2.43. The molecule has 0 aliphatic rings. The Bertz CT molecular complexity index is 379. The first kappa shape index (κ1) is 13.9. The lowest BCUT2D eigenvalue weighted by atomic mass is 10.1. The third-order valence-electron chi connectivity index (χ3n) is 2.35. The van der Waals surface area contributed by atoms with E-state index < -0.39 is 5.97 Å². The molecule has 1 heterocycles. The van der Waals surface area contributed by atoms with Gasteiger partial charge >= 0.3 is 12.0 Å². The Hall–Kier alpha value is -2.12. The summed E-state index contributed by atoms with van der Waals surface area (Å²) in [5, 5.41) is 21.2. The molecule has 0 aromatic carbocycles. The number of hydrogen-bond donors (Lipinski definition) is 3. The van der Waals surface area contributed by atoms with Crippen molar-refractivity contribution in [3.8, 4) is 0 Å². The molecule has 0 spiro atoms. The van der Waals surface area contributed by atoms with Crippen LogP contribution in [0.1, 0.15) is 19.8 Å². The highest BCUT2D eigenvalue weighted by Gasteiger charge is 2.13. The Morgan fingerprint density at radius 1 is 1.50 bits per heavy atom. The van der Waals surface area contributed by atoms with Gasteiger partial charge in [-0.1, -0.05) is 12.1 Å². The SMILES string of the molecule is CCC(CC(=O)O)NC(=O)NCCn1ccnn1. The van der Waals surface area contributed by atoms with E-state index in [2.05, 4.69) is 20.9 Å². The first-order valence-corrected chi connectivity index (χ1v) is 5.72. The molecule has 0 radical (unpaired) electrons. The molecule has 2 amide bonds. The third-order valence-corrected chi connectivity index (χ3v) is 2.35. The van der Waals surface area contributed by atoms with Crippen LogP contribution in [-0.2, 0) is 11.3 Å². The van der Waals surface area contributed by atoms with Crippen LogP contribution < -0.4 is 10.6 Å². The van der Waals surface area contributed by atoms with Crippen molar-refractivity contribution in [3.05, 3.63) is 12.4 Å². The normalized spacial score (nSPS) is 11.8. The van der Waals surface area contributed by atoms with Gasteiger partial charge in [0.05, 0.1) is 19.2 Å². The third kappa shape index (κ3) is 5.28. The monoisotopic (exact) mass is 255 g/mol. The van der Waals surface area contributed by atoms with Crippen LogP contribution in [0.5, 0.6) is 0 Å². The summed E-state index contributed by atoms with van der Waals surface area (Å²) in [6.07, 6.45) is 3.74. The number of urea groups is 1. The minimum Gasteiger partial charge on any atom is -0.481 e. The molecule has 0 aliphatic carbocycles. The van der Waals surface area contributed by atoms with E-state index in [1.54, 1.807) is 17.1 Å². The number of carbonyl (C=O) groups is 2. The second kappa shape index (κ2) is 7.25. The minimum atomic E-state index is -0.926. The number of amides is 2. The van der Waals surface area contributed by atoms with E-state index in [1.165, 1.54) is 0 Å². The Kier molecular flexibility index (Phi) is 5.62. The van der Waals surface area contributed by atoms with Crippen LogP contribution in [-0.4, -0.2) is 44.7 Å². The van der Waals surface area contributed by atoms with Crippen molar-refractivity contribution in [2.45, 2.75) is 32.4 Å². The van der Waals surface area contributed by atoms with Crippen LogP contribution in [0.2, 0.25) is 0 Å². The Morgan fingerprint density at radius 3 is 2.83 bits per heavy atom. The molecule has 0 bridgehead atoms. The zero-order chi connectivity index (χ0) is 13.4. The summed E-state index contributed by atoms with van der Waals surface area (Å²) in [4.78, 5) is 22.0. The molecule has 18 heavy (non-hydrogen) atoms. The van der Waals surface area contributed by atoms with E-state index in [-0.39, 0.29) is 18.5 Å². The van der Waals surface area contributed by atoms with E-state index in [0.29, 0.717) is 19.5 Å². The van der Waals surface area contributed by atoms with Crippen molar-refractivity contribution in [2.24, 2.45) is 0 Å². The number of hydrogen-bond acceptors (Lipinski definition) is 4. The maximum Gasteiger partial charge on any atom is 0.315 e. The number of carboxylic acids is 1. The average molecular weight is 255 g/mol. The summed E-state index contributed by atoms with van der Waals surface area (Å²) in [6.45, 7) is 2.74. The molecule has 0 saturated heterocycles.